The number of hydrogen-bond acceptors (Lipinski definition) is 3. The number of morpholine rings is 1. The Morgan fingerprint density at radius 1 is 1.35 bits per heavy atom. The summed E-state index contributed by atoms with van der Waals surface area (Å²) in [5.41, 5.74) is 1.57. The molecular weight excluding hydrogens is 278 g/mol. The van der Waals surface area contributed by atoms with Crippen molar-refractivity contribution in [2.75, 3.05) is 33.4 Å². The number of carbonyl (C=O) groups is 1. The van der Waals surface area contributed by atoms with Crippen LogP contribution in [0.2, 0.25) is 5.02 Å². The second-order valence-electron chi connectivity index (χ2n) is 5.14. The number of nitrogens with zero attached hydrogens (tertiary/aromatic N) is 1. The van der Waals surface area contributed by atoms with Crippen LogP contribution >= 0.6 is 11.6 Å². The first-order valence-electron chi connectivity index (χ1n) is 6.79. The van der Waals surface area contributed by atoms with E-state index < -0.39 is 0 Å². The predicted octanol–water partition coefficient (Wildman–Crippen LogP) is 2.94. The number of amides is 1. The minimum Gasteiger partial charge on any atom is -0.494 e. The van der Waals surface area contributed by atoms with E-state index in [0.29, 0.717) is 48.6 Å². The lowest BCUT2D eigenvalue weighted by Crippen LogP contribution is -2.40. The van der Waals surface area contributed by atoms with Crippen LogP contribution < -0.4 is 4.74 Å². The molecule has 4 nitrogen and oxygen atoms in total. The van der Waals surface area contributed by atoms with Gasteiger partial charge >= 0.3 is 0 Å². The summed E-state index contributed by atoms with van der Waals surface area (Å²) in [6, 6.07) is 3.74. The number of methoxy groups -OCH3 is 1. The second kappa shape index (κ2) is 6.46. The highest BCUT2D eigenvalue weighted by Gasteiger charge is 2.24. The standard InChI is InChI=1S/C15H20ClNO3/c1-10(2)11-8-12(14(19-3)13(16)9-11)15(18)17-4-6-20-7-5-17/h8-10H,4-7H2,1-3H3. The molecule has 1 aliphatic rings. The first kappa shape index (κ1) is 15.1. The molecule has 110 valence electrons. The summed E-state index contributed by atoms with van der Waals surface area (Å²) in [7, 11) is 1.53. The van der Waals surface area contributed by atoms with E-state index in [1.54, 1.807) is 4.90 Å². The van der Waals surface area contributed by atoms with Gasteiger partial charge in [-0.1, -0.05) is 25.4 Å². The highest BCUT2D eigenvalue weighted by atomic mass is 35.5. The molecule has 0 bridgehead atoms. The monoisotopic (exact) mass is 297 g/mol. The summed E-state index contributed by atoms with van der Waals surface area (Å²) in [5.74, 6) is 0.705. The Morgan fingerprint density at radius 2 is 2.00 bits per heavy atom. The van der Waals surface area contributed by atoms with E-state index in [4.69, 9.17) is 21.1 Å². The summed E-state index contributed by atoms with van der Waals surface area (Å²) in [6.07, 6.45) is 0. The van der Waals surface area contributed by atoms with E-state index in [2.05, 4.69) is 13.8 Å². The Morgan fingerprint density at radius 3 is 2.55 bits per heavy atom. The van der Waals surface area contributed by atoms with Gasteiger partial charge in [0.2, 0.25) is 0 Å². The fourth-order valence-corrected chi connectivity index (χ4v) is 2.56. The Kier molecular flexibility index (Phi) is 4.89. The normalized spacial score (nSPS) is 15.6. The van der Waals surface area contributed by atoms with Crippen molar-refractivity contribution >= 4 is 17.5 Å². The average molecular weight is 298 g/mol. The van der Waals surface area contributed by atoms with Crippen molar-refractivity contribution in [2.24, 2.45) is 0 Å². The molecule has 0 saturated carbocycles. The highest BCUT2D eigenvalue weighted by Crippen LogP contribution is 2.33. The van der Waals surface area contributed by atoms with E-state index in [1.165, 1.54) is 7.11 Å². The molecule has 0 aromatic heterocycles. The third-order valence-corrected chi connectivity index (χ3v) is 3.75. The van der Waals surface area contributed by atoms with Crippen LogP contribution in [-0.2, 0) is 4.74 Å². The van der Waals surface area contributed by atoms with Gasteiger partial charge in [-0.2, -0.15) is 0 Å². The molecule has 5 heteroatoms. The van der Waals surface area contributed by atoms with E-state index in [-0.39, 0.29) is 5.91 Å². The molecule has 1 amide bonds. The molecule has 0 N–H and O–H groups in total. The Bertz CT molecular complexity index is 496. The molecule has 2 rings (SSSR count). The molecule has 1 aromatic rings. The summed E-state index contributed by atoms with van der Waals surface area (Å²) >= 11 is 6.24. The third kappa shape index (κ3) is 3.07. The van der Waals surface area contributed by atoms with Gasteiger partial charge in [-0.15, -0.1) is 0 Å². The number of carbonyl (C=O) groups excluding carboxylic acids is 1. The SMILES string of the molecule is COc1c(Cl)cc(C(C)C)cc1C(=O)N1CCOCC1. The molecule has 1 aliphatic heterocycles. The lowest BCUT2D eigenvalue weighted by molar-refractivity contribution is 0.0301. The lowest BCUT2D eigenvalue weighted by Gasteiger charge is -2.28. The highest BCUT2D eigenvalue weighted by molar-refractivity contribution is 6.32. The zero-order valence-corrected chi connectivity index (χ0v) is 12.9. The van der Waals surface area contributed by atoms with Crippen LogP contribution in [0.1, 0.15) is 35.7 Å². The van der Waals surface area contributed by atoms with Gasteiger partial charge in [-0.3, -0.25) is 4.79 Å². The Hall–Kier alpha value is -1.26. The second-order valence-corrected chi connectivity index (χ2v) is 5.55. The topological polar surface area (TPSA) is 38.8 Å². The molecule has 0 atom stereocenters. The lowest BCUT2D eigenvalue weighted by atomic mass is 9.99. The van der Waals surface area contributed by atoms with Crippen molar-refractivity contribution in [1.82, 2.24) is 4.90 Å². The number of hydrogen-bond donors (Lipinski definition) is 0. The van der Waals surface area contributed by atoms with Gasteiger partial charge in [0, 0.05) is 13.1 Å². The number of halogens is 1. The van der Waals surface area contributed by atoms with Crippen LogP contribution in [-0.4, -0.2) is 44.2 Å². The Labute approximate surface area is 124 Å². The molecule has 0 aliphatic carbocycles. The van der Waals surface area contributed by atoms with Gasteiger partial charge in [0.25, 0.3) is 5.91 Å². The molecule has 0 spiro atoms. The molecular formula is C15H20ClNO3. The summed E-state index contributed by atoms with van der Waals surface area (Å²) in [4.78, 5) is 14.4. The van der Waals surface area contributed by atoms with Crippen molar-refractivity contribution in [3.8, 4) is 5.75 Å². The van der Waals surface area contributed by atoms with E-state index in [9.17, 15) is 4.79 Å². The minimum absolute atomic E-state index is 0.0467. The first-order valence-corrected chi connectivity index (χ1v) is 7.16. The van der Waals surface area contributed by atoms with Gasteiger partial charge in [-0.05, 0) is 23.6 Å². The van der Waals surface area contributed by atoms with Gasteiger partial charge in [-0.25, -0.2) is 0 Å². The number of rotatable bonds is 3. The number of benzene rings is 1. The van der Waals surface area contributed by atoms with Gasteiger partial charge in [0.05, 0.1) is 30.9 Å². The summed E-state index contributed by atoms with van der Waals surface area (Å²) < 4.78 is 10.6. The smallest absolute Gasteiger partial charge is 0.257 e. The van der Waals surface area contributed by atoms with Crippen LogP contribution in [0.25, 0.3) is 0 Å². The van der Waals surface area contributed by atoms with Crippen molar-refractivity contribution < 1.29 is 14.3 Å². The Balaban J connectivity index is 2.39. The molecule has 0 unspecified atom stereocenters. The maximum absolute atomic E-state index is 12.6. The molecule has 1 heterocycles. The zero-order chi connectivity index (χ0) is 14.7. The summed E-state index contributed by atoms with van der Waals surface area (Å²) in [5, 5.41) is 0.482. The predicted molar refractivity (Wildman–Crippen MR) is 78.8 cm³/mol. The average Bonchev–Trinajstić information content (AvgIpc) is 2.46. The van der Waals surface area contributed by atoms with Gasteiger partial charge < -0.3 is 14.4 Å². The van der Waals surface area contributed by atoms with E-state index in [1.807, 2.05) is 12.1 Å². The van der Waals surface area contributed by atoms with Gasteiger partial charge in [0.1, 0.15) is 5.75 Å². The van der Waals surface area contributed by atoms with Crippen molar-refractivity contribution in [3.63, 3.8) is 0 Å². The van der Waals surface area contributed by atoms with E-state index >= 15 is 0 Å². The van der Waals surface area contributed by atoms with Crippen LogP contribution in [0.15, 0.2) is 12.1 Å². The largest absolute Gasteiger partial charge is 0.494 e. The van der Waals surface area contributed by atoms with Crippen LogP contribution in [0.5, 0.6) is 5.75 Å². The van der Waals surface area contributed by atoms with Crippen LogP contribution in [0.4, 0.5) is 0 Å². The van der Waals surface area contributed by atoms with Gasteiger partial charge in [0.15, 0.2) is 0 Å². The molecule has 1 aromatic carbocycles. The zero-order valence-electron chi connectivity index (χ0n) is 12.1. The third-order valence-electron chi connectivity index (χ3n) is 3.47. The number of ether oxygens (including phenoxy) is 2. The maximum atomic E-state index is 12.6. The molecule has 1 saturated heterocycles. The van der Waals surface area contributed by atoms with Crippen molar-refractivity contribution in [2.45, 2.75) is 19.8 Å². The summed E-state index contributed by atoms with van der Waals surface area (Å²) in [6.45, 7) is 6.50. The quantitative estimate of drug-likeness (QED) is 0.861. The minimum atomic E-state index is -0.0467. The van der Waals surface area contributed by atoms with E-state index in [0.717, 1.165) is 5.56 Å². The molecule has 1 fully saturated rings. The van der Waals surface area contributed by atoms with Crippen LogP contribution in [0.3, 0.4) is 0 Å². The molecule has 0 radical (unpaired) electrons. The molecule has 20 heavy (non-hydrogen) atoms. The van der Waals surface area contributed by atoms with Crippen LogP contribution in [0, 0.1) is 0 Å². The maximum Gasteiger partial charge on any atom is 0.257 e. The van der Waals surface area contributed by atoms with Crippen molar-refractivity contribution in [3.05, 3.63) is 28.3 Å². The fourth-order valence-electron chi connectivity index (χ4n) is 2.25. The van der Waals surface area contributed by atoms with Crippen molar-refractivity contribution in [1.29, 1.82) is 0 Å². The first-order chi connectivity index (χ1) is 9.54. The fraction of sp³-hybridized carbons (Fsp3) is 0.533.